The fraction of sp³-hybridized carbons (Fsp3) is 0.526. The van der Waals surface area contributed by atoms with Gasteiger partial charge in [0.25, 0.3) is 0 Å². The molecule has 3 aromatic rings. The molecule has 0 radical (unpaired) electrons. The lowest BCUT2D eigenvalue weighted by atomic mass is 10.1. The Morgan fingerprint density at radius 1 is 1.08 bits per heavy atom. The van der Waals surface area contributed by atoms with Crippen molar-refractivity contribution in [3.05, 3.63) is 30.1 Å². The van der Waals surface area contributed by atoms with E-state index in [1.54, 1.807) is 11.8 Å². The number of aromatic nitrogens is 5. The molecule has 26 heavy (non-hydrogen) atoms. The molecule has 1 aliphatic carbocycles. The van der Waals surface area contributed by atoms with Crippen LogP contribution in [0.3, 0.4) is 0 Å². The second-order valence-corrected chi connectivity index (χ2v) is 8.24. The SMILES string of the molecule is Cn1c(CSc2nnc(N3CCCCC3)n2C2CC2)nc2ccccc21. The first-order valence-corrected chi connectivity index (χ1v) is 10.5. The molecule has 0 amide bonds. The van der Waals surface area contributed by atoms with Gasteiger partial charge in [-0.25, -0.2) is 4.98 Å². The number of imidazole rings is 1. The zero-order valence-electron chi connectivity index (χ0n) is 15.1. The van der Waals surface area contributed by atoms with E-state index < -0.39 is 0 Å². The largest absolute Gasteiger partial charge is 0.341 e. The second-order valence-electron chi connectivity index (χ2n) is 7.30. The normalized spacial score (nSPS) is 18.0. The van der Waals surface area contributed by atoms with Crippen LogP contribution >= 0.6 is 11.8 Å². The van der Waals surface area contributed by atoms with Gasteiger partial charge in [0.2, 0.25) is 5.95 Å². The van der Waals surface area contributed by atoms with Gasteiger partial charge in [0.15, 0.2) is 5.16 Å². The first-order chi connectivity index (χ1) is 12.8. The third-order valence-electron chi connectivity index (χ3n) is 5.41. The molecule has 0 unspecified atom stereocenters. The van der Waals surface area contributed by atoms with Crippen molar-refractivity contribution >= 4 is 28.7 Å². The summed E-state index contributed by atoms with van der Waals surface area (Å²) in [6.07, 6.45) is 6.36. The van der Waals surface area contributed by atoms with E-state index >= 15 is 0 Å². The molecule has 0 spiro atoms. The molecule has 0 bridgehead atoms. The number of benzene rings is 1. The minimum atomic E-state index is 0.588. The van der Waals surface area contributed by atoms with Crippen LogP contribution < -0.4 is 4.90 Å². The van der Waals surface area contributed by atoms with Crippen molar-refractivity contribution in [1.82, 2.24) is 24.3 Å². The predicted octanol–water partition coefficient (Wildman–Crippen LogP) is 3.78. The molecule has 1 saturated carbocycles. The maximum atomic E-state index is 4.79. The molecule has 0 atom stereocenters. The summed E-state index contributed by atoms with van der Waals surface area (Å²) in [4.78, 5) is 7.21. The zero-order chi connectivity index (χ0) is 17.5. The van der Waals surface area contributed by atoms with Crippen molar-refractivity contribution in [3.8, 4) is 0 Å². The van der Waals surface area contributed by atoms with Gasteiger partial charge in [-0.3, -0.25) is 4.57 Å². The monoisotopic (exact) mass is 368 g/mol. The smallest absolute Gasteiger partial charge is 0.228 e. The van der Waals surface area contributed by atoms with Crippen molar-refractivity contribution < 1.29 is 0 Å². The van der Waals surface area contributed by atoms with E-state index in [4.69, 9.17) is 4.98 Å². The van der Waals surface area contributed by atoms with Crippen LogP contribution in [-0.2, 0) is 12.8 Å². The molecule has 1 aromatic carbocycles. The third-order valence-corrected chi connectivity index (χ3v) is 6.35. The van der Waals surface area contributed by atoms with E-state index in [1.807, 2.05) is 6.07 Å². The minimum absolute atomic E-state index is 0.588. The van der Waals surface area contributed by atoms with Crippen LogP contribution in [-0.4, -0.2) is 37.4 Å². The molecule has 0 N–H and O–H groups in total. The van der Waals surface area contributed by atoms with E-state index in [0.29, 0.717) is 6.04 Å². The topological polar surface area (TPSA) is 51.8 Å². The molecular weight excluding hydrogens is 344 g/mol. The highest BCUT2D eigenvalue weighted by atomic mass is 32.2. The van der Waals surface area contributed by atoms with Crippen LogP contribution in [0.2, 0.25) is 0 Å². The summed E-state index contributed by atoms with van der Waals surface area (Å²) in [5.41, 5.74) is 2.24. The van der Waals surface area contributed by atoms with Crippen LogP contribution in [0.15, 0.2) is 29.4 Å². The fourth-order valence-electron chi connectivity index (χ4n) is 3.78. The van der Waals surface area contributed by atoms with Gasteiger partial charge in [0, 0.05) is 26.2 Å². The van der Waals surface area contributed by atoms with E-state index in [-0.39, 0.29) is 0 Å². The van der Waals surface area contributed by atoms with Gasteiger partial charge in [-0.15, -0.1) is 10.2 Å². The summed E-state index contributed by atoms with van der Waals surface area (Å²) in [5.74, 6) is 2.98. The van der Waals surface area contributed by atoms with Gasteiger partial charge >= 0.3 is 0 Å². The number of hydrogen-bond acceptors (Lipinski definition) is 5. The summed E-state index contributed by atoms with van der Waals surface area (Å²) < 4.78 is 4.57. The maximum Gasteiger partial charge on any atom is 0.228 e. The lowest BCUT2D eigenvalue weighted by molar-refractivity contribution is 0.548. The van der Waals surface area contributed by atoms with Crippen LogP contribution in [0.1, 0.15) is 44.0 Å². The average molecular weight is 369 g/mol. The van der Waals surface area contributed by atoms with Crippen LogP contribution in [0.5, 0.6) is 0 Å². The molecule has 2 aliphatic rings. The Kier molecular flexibility index (Phi) is 4.11. The van der Waals surface area contributed by atoms with Gasteiger partial charge in [-0.1, -0.05) is 23.9 Å². The van der Waals surface area contributed by atoms with Gasteiger partial charge in [-0.2, -0.15) is 0 Å². The minimum Gasteiger partial charge on any atom is -0.341 e. The maximum absolute atomic E-state index is 4.79. The van der Waals surface area contributed by atoms with Crippen molar-refractivity contribution in [1.29, 1.82) is 0 Å². The van der Waals surface area contributed by atoms with Crippen LogP contribution in [0.25, 0.3) is 11.0 Å². The fourth-order valence-corrected chi connectivity index (χ4v) is 4.77. The van der Waals surface area contributed by atoms with E-state index in [1.165, 1.54) is 37.6 Å². The number of anilines is 1. The number of thioether (sulfide) groups is 1. The molecule has 2 aromatic heterocycles. The second kappa shape index (κ2) is 6.61. The summed E-state index contributed by atoms with van der Waals surface area (Å²) in [6, 6.07) is 8.89. The molecule has 6 nitrogen and oxygen atoms in total. The zero-order valence-corrected chi connectivity index (χ0v) is 16.0. The molecule has 1 aliphatic heterocycles. The molecule has 136 valence electrons. The van der Waals surface area contributed by atoms with Crippen molar-refractivity contribution in [2.75, 3.05) is 18.0 Å². The Bertz CT molecular complexity index is 919. The molecule has 5 rings (SSSR count). The number of fused-ring (bicyclic) bond motifs is 1. The van der Waals surface area contributed by atoms with Gasteiger partial charge in [-0.05, 0) is 44.2 Å². The summed E-state index contributed by atoms with van der Waals surface area (Å²) in [7, 11) is 2.09. The highest BCUT2D eigenvalue weighted by Gasteiger charge is 2.32. The van der Waals surface area contributed by atoms with Crippen molar-refractivity contribution in [2.24, 2.45) is 7.05 Å². The number of piperidine rings is 1. The molecule has 7 heteroatoms. The molecular formula is C19H24N6S. The predicted molar refractivity (Wildman–Crippen MR) is 105 cm³/mol. The lowest BCUT2D eigenvalue weighted by Gasteiger charge is -2.27. The van der Waals surface area contributed by atoms with E-state index in [0.717, 1.165) is 41.3 Å². The summed E-state index contributed by atoms with van der Waals surface area (Å²) >= 11 is 1.76. The Morgan fingerprint density at radius 3 is 2.65 bits per heavy atom. The van der Waals surface area contributed by atoms with Gasteiger partial charge in [0.05, 0.1) is 16.8 Å². The highest BCUT2D eigenvalue weighted by molar-refractivity contribution is 7.98. The van der Waals surface area contributed by atoms with Gasteiger partial charge in [0.1, 0.15) is 5.82 Å². The number of rotatable bonds is 5. The Balaban J connectivity index is 1.40. The molecule has 1 saturated heterocycles. The first-order valence-electron chi connectivity index (χ1n) is 9.54. The first kappa shape index (κ1) is 16.2. The van der Waals surface area contributed by atoms with Crippen molar-refractivity contribution in [3.63, 3.8) is 0 Å². The van der Waals surface area contributed by atoms with Gasteiger partial charge < -0.3 is 9.47 Å². The number of nitrogens with zero attached hydrogens (tertiary/aromatic N) is 6. The number of aryl methyl sites for hydroxylation is 1. The van der Waals surface area contributed by atoms with Crippen molar-refractivity contribution in [2.45, 2.75) is 49.1 Å². The number of hydrogen-bond donors (Lipinski definition) is 0. The van der Waals surface area contributed by atoms with E-state index in [2.05, 4.69) is 49.5 Å². The highest BCUT2D eigenvalue weighted by Crippen LogP contribution is 2.41. The molecule has 2 fully saturated rings. The average Bonchev–Trinajstić information content (AvgIpc) is 3.36. The van der Waals surface area contributed by atoms with E-state index in [9.17, 15) is 0 Å². The summed E-state index contributed by atoms with van der Waals surface area (Å²) in [5, 5.41) is 10.2. The quantitative estimate of drug-likeness (QED) is 0.642. The molecule has 3 heterocycles. The standard InChI is InChI=1S/C19H24N6S/c1-23-16-8-4-3-7-15(16)20-17(23)13-26-19-22-21-18(25(19)14-9-10-14)24-11-5-2-6-12-24/h3-4,7-8,14H,2,5-6,9-13H2,1H3. The lowest BCUT2D eigenvalue weighted by Crippen LogP contribution is -2.31. The number of para-hydroxylation sites is 2. The Labute approximate surface area is 157 Å². The van der Waals surface area contributed by atoms with Crippen LogP contribution in [0, 0.1) is 0 Å². The Morgan fingerprint density at radius 2 is 1.88 bits per heavy atom. The summed E-state index contributed by atoms with van der Waals surface area (Å²) in [6.45, 7) is 2.22. The third kappa shape index (κ3) is 2.88. The Hall–Kier alpha value is -2.02. The van der Waals surface area contributed by atoms with Crippen LogP contribution in [0.4, 0.5) is 5.95 Å².